The monoisotopic (exact) mass is 557 g/mol. The van der Waals surface area contributed by atoms with E-state index in [1.807, 2.05) is 18.3 Å². The van der Waals surface area contributed by atoms with Crippen LogP contribution in [0.15, 0.2) is 60.9 Å². The number of benzene rings is 2. The number of carbonyl (C=O) groups excluding carboxylic acids is 1. The second-order valence-electron chi connectivity index (χ2n) is 10.9. The van der Waals surface area contributed by atoms with Crippen molar-refractivity contribution >= 4 is 17.3 Å². The summed E-state index contributed by atoms with van der Waals surface area (Å²) in [5, 5.41) is 2.80. The molecule has 3 heterocycles. The molecule has 0 bridgehead atoms. The molecule has 1 aromatic heterocycles. The number of nitrogens with zero attached hydrogens (tertiary/aromatic N) is 4. The van der Waals surface area contributed by atoms with Crippen LogP contribution in [0.2, 0.25) is 0 Å². The number of aromatic nitrogens is 1. The molecule has 1 unspecified atom stereocenters. The lowest BCUT2D eigenvalue weighted by atomic mass is 10.0. The first-order valence-corrected chi connectivity index (χ1v) is 14.0. The third-order valence-corrected chi connectivity index (χ3v) is 8.07. The van der Waals surface area contributed by atoms with Gasteiger partial charge >= 0.3 is 0 Å². The van der Waals surface area contributed by atoms with Gasteiger partial charge in [-0.1, -0.05) is 24.0 Å². The second-order valence-corrected chi connectivity index (χ2v) is 10.9. The highest BCUT2D eigenvalue weighted by Gasteiger charge is 2.47. The number of carbonyl (C=O) groups is 1. The first kappa shape index (κ1) is 27.3. The van der Waals surface area contributed by atoms with Crippen molar-refractivity contribution < 1.29 is 18.3 Å². The normalized spacial score (nSPS) is 20.7. The van der Waals surface area contributed by atoms with E-state index in [0.717, 1.165) is 50.5 Å². The molecule has 0 saturated carbocycles. The van der Waals surface area contributed by atoms with Gasteiger partial charge in [-0.2, -0.15) is 0 Å². The lowest BCUT2D eigenvalue weighted by Gasteiger charge is -2.36. The molecule has 3 aliphatic rings. The number of hydrogen-bond acceptors (Lipinski definition) is 6. The zero-order valence-corrected chi connectivity index (χ0v) is 23.1. The summed E-state index contributed by atoms with van der Waals surface area (Å²) in [5.41, 5.74) is 3.87. The molecular formula is C32H33F2N5O2. The van der Waals surface area contributed by atoms with Gasteiger partial charge in [-0.05, 0) is 49.0 Å². The number of piperazine rings is 1. The first-order valence-electron chi connectivity index (χ1n) is 14.0. The number of ether oxygens (including phenoxy) is 1. The Bertz CT molecular complexity index is 1490. The highest BCUT2D eigenvalue weighted by molar-refractivity contribution is 6.04. The van der Waals surface area contributed by atoms with E-state index < -0.39 is 5.92 Å². The topological polar surface area (TPSA) is 60.9 Å². The predicted octanol–water partition coefficient (Wildman–Crippen LogP) is 4.35. The fourth-order valence-corrected chi connectivity index (χ4v) is 5.74. The van der Waals surface area contributed by atoms with Crippen molar-refractivity contribution in [2.24, 2.45) is 0 Å². The lowest BCUT2D eigenvalue weighted by Crippen LogP contribution is -2.45. The number of morpholine rings is 1. The van der Waals surface area contributed by atoms with Crippen LogP contribution >= 0.6 is 0 Å². The van der Waals surface area contributed by atoms with E-state index in [-0.39, 0.29) is 23.9 Å². The average molecular weight is 558 g/mol. The van der Waals surface area contributed by atoms with Crippen LogP contribution in [0.1, 0.15) is 45.1 Å². The third kappa shape index (κ3) is 6.10. The van der Waals surface area contributed by atoms with E-state index >= 15 is 8.78 Å². The SMILES string of the molecule is CN1CCN(C2CC(F)(F)c3cc(NC(=O)c4cccc(C#Cc5cncc(N6CCOCC6)c5)c4)ccc32)CC1. The smallest absolute Gasteiger partial charge is 0.275 e. The molecule has 1 N–H and O–H groups in total. The molecule has 212 valence electrons. The molecule has 41 heavy (non-hydrogen) atoms. The largest absolute Gasteiger partial charge is 0.378 e. The van der Waals surface area contributed by atoms with E-state index in [1.165, 1.54) is 6.07 Å². The molecule has 0 spiro atoms. The van der Waals surface area contributed by atoms with E-state index in [0.29, 0.717) is 35.6 Å². The number of rotatable bonds is 4. The van der Waals surface area contributed by atoms with Gasteiger partial charge in [0.15, 0.2) is 0 Å². The molecule has 3 aromatic rings. The summed E-state index contributed by atoms with van der Waals surface area (Å²) in [6, 6.07) is 13.6. The van der Waals surface area contributed by atoms with E-state index in [1.54, 1.807) is 36.5 Å². The molecule has 7 nitrogen and oxygen atoms in total. The number of alkyl halides is 2. The lowest BCUT2D eigenvalue weighted by molar-refractivity contribution is -0.0257. The Labute approximate surface area is 239 Å². The van der Waals surface area contributed by atoms with Crippen molar-refractivity contribution in [2.45, 2.75) is 18.4 Å². The van der Waals surface area contributed by atoms with Crippen LogP contribution < -0.4 is 10.2 Å². The van der Waals surface area contributed by atoms with E-state index in [9.17, 15) is 4.79 Å². The second kappa shape index (κ2) is 11.6. The van der Waals surface area contributed by atoms with Crippen LogP contribution in [0.4, 0.5) is 20.2 Å². The van der Waals surface area contributed by atoms with Crippen LogP contribution in [0.5, 0.6) is 0 Å². The molecule has 1 amide bonds. The van der Waals surface area contributed by atoms with Crippen LogP contribution in [0.3, 0.4) is 0 Å². The van der Waals surface area contributed by atoms with Crippen molar-refractivity contribution in [3.05, 3.63) is 88.7 Å². The maximum Gasteiger partial charge on any atom is 0.275 e. The molecule has 2 fully saturated rings. The van der Waals surface area contributed by atoms with Crippen molar-refractivity contribution in [1.29, 1.82) is 0 Å². The zero-order valence-electron chi connectivity index (χ0n) is 23.1. The standard InChI is InChI=1S/C32H33F2N5O2/c1-37-9-11-39(12-10-37)30-20-32(33,34)29-19-26(7-8-28(29)30)36-31(40)25-4-2-3-23(17-25)5-6-24-18-27(22-35-21-24)38-13-15-41-16-14-38/h2-4,7-8,17-19,21-22,30H,9-16,20H2,1H3,(H,36,40). The summed E-state index contributed by atoms with van der Waals surface area (Å²) in [6.45, 7) is 6.28. The van der Waals surface area contributed by atoms with Crippen LogP contribution in [-0.2, 0) is 10.7 Å². The Morgan fingerprint density at radius 1 is 0.976 bits per heavy atom. The molecule has 9 heteroatoms. The fraction of sp³-hybridized carbons (Fsp3) is 0.375. The van der Waals surface area contributed by atoms with Crippen molar-refractivity contribution in [1.82, 2.24) is 14.8 Å². The van der Waals surface area contributed by atoms with Gasteiger partial charge in [-0.3, -0.25) is 14.7 Å². The van der Waals surface area contributed by atoms with Gasteiger partial charge in [-0.25, -0.2) is 8.78 Å². The predicted molar refractivity (Wildman–Crippen MR) is 154 cm³/mol. The highest BCUT2D eigenvalue weighted by atomic mass is 19.3. The number of likely N-dealkylation sites (N-methyl/N-ethyl adjacent to an activating group) is 1. The summed E-state index contributed by atoms with van der Waals surface area (Å²) < 4.78 is 35.6. The van der Waals surface area contributed by atoms with Gasteiger partial charge in [0.2, 0.25) is 0 Å². The van der Waals surface area contributed by atoms with Gasteiger partial charge in [0.1, 0.15) is 0 Å². The number of fused-ring (bicyclic) bond motifs is 1. The fourth-order valence-electron chi connectivity index (χ4n) is 5.74. The van der Waals surface area contributed by atoms with Crippen LogP contribution in [-0.4, -0.2) is 80.2 Å². The van der Waals surface area contributed by atoms with Gasteiger partial charge < -0.3 is 19.9 Å². The Kier molecular flexibility index (Phi) is 7.71. The molecule has 2 saturated heterocycles. The van der Waals surface area contributed by atoms with Gasteiger partial charge in [0.25, 0.3) is 11.8 Å². The quantitative estimate of drug-likeness (QED) is 0.482. The minimum Gasteiger partial charge on any atom is -0.378 e. The van der Waals surface area contributed by atoms with Crippen molar-refractivity contribution in [3.8, 4) is 11.8 Å². The number of amides is 1. The van der Waals surface area contributed by atoms with Crippen molar-refractivity contribution in [2.75, 3.05) is 69.7 Å². The first-order chi connectivity index (χ1) is 19.9. The zero-order chi connectivity index (χ0) is 28.4. The maximum atomic E-state index is 15.1. The number of hydrogen-bond donors (Lipinski definition) is 1. The van der Waals surface area contributed by atoms with Gasteiger partial charge in [0, 0.05) is 85.9 Å². The molecule has 2 aromatic carbocycles. The Morgan fingerprint density at radius 2 is 1.76 bits per heavy atom. The minimum absolute atomic E-state index is 0.00626. The summed E-state index contributed by atoms with van der Waals surface area (Å²) in [6.07, 6.45) is 3.31. The van der Waals surface area contributed by atoms with Gasteiger partial charge in [-0.15, -0.1) is 0 Å². The van der Waals surface area contributed by atoms with E-state index in [4.69, 9.17) is 4.74 Å². The molecule has 0 radical (unpaired) electrons. The summed E-state index contributed by atoms with van der Waals surface area (Å²) in [7, 11) is 2.05. The van der Waals surface area contributed by atoms with Gasteiger partial charge in [0.05, 0.1) is 25.1 Å². The highest BCUT2D eigenvalue weighted by Crippen LogP contribution is 2.50. The molecule has 1 aliphatic carbocycles. The van der Waals surface area contributed by atoms with Crippen LogP contribution in [0, 0.1) is 11.8 Å². The molecule has 1 atom stereocenters. The Hall–Kier alpha value is -3.84. The average Bonchev–Trinajstić information content (AvgIpc) is 3.27. The van der Waals surface area contributed by atoms with Crippen molar-refractivity contribution in [3.63, 3.8) is 0 Å². The molecule has 2 aliphatic heterocycles. The molecular weight excluding hydrogens is 524 g/mol. The minimum atomic E-state index is -2.94. The Morgan fingerprint density at radius 3 is 2.56 bits per heavy atom. The number of pyridine rings is 1. The molecule has 6 rings (SSSR count). The third-order valence-electron chi connectivity index (χ3n) is 8.07. The Balaban J connectivity index is 1.15. The summed E-state index contributed by atoms with van der Waals surface area (Å²) in [5.74, 6) is 2.94. The number of halogens is 2. The summed E-state index contributed by atoms with van der Waals surface area (Å²) in [4.78, 5) is 24.0. The summed E-state index contributed by atoms with van der Waals surface area (Å²) >= 11 is 0. The van der Waals surface area contributed by atoms with E-state index in [2.05, 4.69) is 43.9 Å². The number of anilines is 2. The van der Waals surface area contributed by atoms with Crippen LogP contribution in [0.25, 0.3) is 0 Å². The maximum absolute atomic E-state index is 15.1. The number of nitrogens with one attached hydrogen (secondary N) is 1.